The predicted molar refractivity (Wildman–Crippen MR) is 88.3 cm³/mol. The topological polar surface area (TPSA) is 61.3 Å². The SMILES string of the molecule is OC(CNc1cc(N2CCC(F)(F)CC2)ncn1)c1ccccc1. The van der Waals surface area contributed by atoms with Crippen molar-refractivity contribution >= 4 is 11.6 Å². The van der Waals surface area contributed by atoms with Gasteiger partial charge >= 0.3 is 0 Å². The number of aromatic nitrogens is 2. The fourth-order valence-corrected chi connectivity index (χ4v) is 2.67. The molecule has 5 nitrogen and oxygen atoms in total. The van der Waals surface area contributed by atoms with Crippen LogP contribution < -0.4 is 10.2 Å². The number of aliphatic hydroxyl groups is 1. The van der Waals surface area contributed by atoms with E-state index in [2.05, 4.69) is 15.3 Å². The van der Waals surface area contributed by atoms with Gasteiger partial charge in [0.15, 0.2) is 0 Å². The smallest absolute Gasteiger partial charge is 0.251 e. The summed E-state index contributed by atoms with van der Waals surface area (Å²) in [5.41, 5.74) is 0.817. The Bertz CT molecular complexity index is 659. The monoisotopic (exact) mass is 334 g/mol. The van der Waals surface area contributed by atoms with Crippen molar-refractivity contribution in [3.63, 3.8) is 0 Å². The van der Waals surface area contributed by atoms with Crippen LogP contribution in [0, 0.1) is 0 Å². The molecule has 0 amide bonds. The number of nitrogens with one attached hydrogen (secondary N) is 1. The first-order chi connectivity index (χ1) is 11.5. The van der Waals surface area contributed by atoms with Crippen molar-refractivity contribution in [1.29, 1.82) is 0 Å². The van der Waals surface area contributed by atoms with Crippen molar-refractivity contribution < 1.29 is 13.9 Å². The average molecular weight is 334 g/mol. The normalized spacial score (nSPS) is 18.2. The summed E-state index contributed by atoms with van der Waals surface area (Å²) in [7, 11) is 0. The number of halogens is 2. The molecule has 1 aliphatic rings. The lowest BCUT2D eigenvalue weighted by atomic mass is 10.1. The molecule has 0 saturated carbocycles. The van der Waals surface area contributed by atoms with Gasteiger partial charge in [-0.1, -0.05) is 30.3 Å². The molecule has 1 aromatic carbocycles. The van der Waals surface area contributed by atoms with E-state index in [1.165, 1.54) is 6.33 Å². The van der Waals surface area contributed by atoms with Crippen LogP contribution in [0.3, 0.4) is 0 Å². The highest BCUT2D eigenvalue weighted by Crippen LogP contribution is 2.30. The van der Waals surface area contributed by atoms with Gasteiger partial charge in [-0.25, -0.2) is 18.7 Å². The van der Waals surface area contributed by atoms with Gasteiger partial charge in [0.05, 0.1) is 6.10 Å². The molecule has 1 aliphatic heterocycles. The summed E-state index contributed by atoms with van der Waals surface area (Å²) >= 11 is 0. The van der Waals surface area contributed by atoms with Gasteiger partial charge in [0.1, 0.15) is 18.0 Å². The Morgan fingerprint density at radius 2 is 1.88 bits per heavy atom. The molecule has 1 saturated heterocycles. The first-order valence-electron chi connectivity index (χ1n) is 7.95. The molecule has 2 N–H and O–H groups in total. The van der Waals surface area contributed by atoms with Crippen molar-refractivity contribution in [3.8, 4) is 0 Å². The lowest BCUT2D eigenvalue weighted by Gasteiger charge is -2.32. The zero-order valence-corrected chi connectivity index (χ0v) is 13.2. The Balaban J connectivity index is 1.59. The van der Waals surface area contributed by atoms with E-state index in [9.17, 15) is 13.9 Å². The number of benzene rings is 1. The van der Waals surface area contributed by atoms with Crippen molar-refractivity contribution in [2.75, 3.05) is 29.9 Å². The maximum Gasteiger partial charge on any atom is 0.251 e. The Kier molecular flexibility index (Phi) is 4.89. The number of piperidine rings is 1. The largest absolute Gasteiger partial charge is 0.387 e. The van der Waals surface area contributed by atoms with Crippen LogP contribution in [0.1, 0.15) is 24.5 Å². The number of rotatable bonds is 5. The Labute approximate surface area is 139 Å². The Hall–Kier alpha value is -2.28. The van der Waals surface area contributed by atoms with Crippen LogP contribution in [-0.4, -0.2) is 40.6 Å². The summed E-state index contributed by atoms with van der Waals surface area (Å²) in [5.74, 6) is -1.39. The van der Waals surface area contributed by atoms with E-state index >= 15 is 0 Å². The van der Waals surface area contributed by atoms with E-state index in [1.807, 2.05) is 35.2 Å². The number of aliphatic hydroxyl groups excluding tert-OH is 1. The van der Waals surface area contributed by atoms with Crippen LogP contribution in [0.5, 0.6) is 0 Å². The van der Waals surface area contributed by atoms with E-state index in [0.29, 0.717) is 18.2 Å². The molecule has 24 heavy (non-hydrogen) atoms. The van der Waals surface area contributed by atoms with Gasteiger partial charge in [-0.2, -0.15) is 0 Å². The maximum absolute atomic E-state index is 13.2. The minimum absolute atomic E-state index is 0.160. The third-order valence-corrected chi connectivity index (χ3v) is 4.13. The Morgan fingerprint density at radius 3 is 2.58 bits per heavy atom. The minimum Gasteiger partial charge on any atom is -0.387 e. The predicted octanol–water partition coefficient (Wildman–Crippen LogP) is 2.86. The number of hydrogen-bond donors (Lipinski definition) is 2. The van der Waals surface area contributed by atoms with E-state index < -0.39 is 12.0 Å². The van der Waals surface area contributed by atoms with Gasteiger partial charge in [0.2, 0.25) is 0 Å². The van der Waals surface area contributed by atoms with E-state index in [1.54, 1.807) is 6.07 Å². The maximum atomic E-state index is 13.2. The fourth-order valence-electron chi connectivity index (χ4n) is 2.67. The molecule has 0 aliphatic carbocycles. The fraction of sp³-hybridized carbons (Fsp3) is 0.412. The van der Waals surface area contributed by atoms with Gasteiger partial charge in [-0.3, -0.25) is 0 Å². The molecule has 1 unspecified atom stereocenters. The molecule has 0 bridgehead atoms. The third-order valence-electron chi connectivity index (χ3n) is 4.13. The van der Waals surface area contributed by atoms with Gasteiger partial charge in [-0.15, -0.1) is 0 Å². The van der Waals surface area contributed by atoms with Crippen LogP contribution in [-0.2, 0) is 0 Å². The van der Waals surface area contributed by atoms with Crippen LogP contribution >= 0.6 is 0 Å². The summed E-state index contributed by atoms with van der Waals surface area (Å²) in [4.78, 5) is 10.1. The van der Waals surface area contributed by atoms with Crippen LogP contribution in [0.2, 0.25) is 0 Å². The van der Waals surface area contributed by atoms with E-state index in [0.717, 1.165) is 5.56 Å². The standard InChI is InChI=1S/C17H20F2N4O/c18-17(19)6-8-23(9-7-17)16-10-15(21-12-22-16)20-11-14(24)13-4-2-1-3-5-13/h1-5,10,12,14,24H,6-9,11H2,(H,20,21,22). The highest BCUT2D eigenvalue weighted by Gasteiger charge is 2.34. The Morgan fingerprint density at radius 1 is 1.17 bits per heavy atom. The van der Waals surface area contributed by atoms with Gasteiger partial charge in [-0.05, 0) is 5.56 Å². The summed E-state index contributed by atoms with van der Waals surface area (Å²) in [6.45, 7) is 0.852. The molecule has 7 heteroatoms. The third kappa shape index (κ3) is 4.17. The number of alkyl halides is 2. The van der Waals surface area contributed by atoms with Crippen molar-refractivity contribution in [2.24, 2.45) is 0 Å². The van der Waals surface area contributed by atoms with Crippen molar-refractivity contribution in [1.82, 2.24) is 9.97 Å². The molecular weight excluding hydrogens is 314 g/mol. The second-order valence-corrected chi connectivity index (χ2v) is 5.91. The summed E-state index contributed by atoms with van der Waals surface area (Å²) in [6, 6.07) is 11.1. The molecular formula is C17H20F2N4O. The first-order valence-corrected chi connectivity index (χ1v) is 7.95. The van der Waals surface area contributed by atoms with Gasteiger partial charge < -0.3 is 15.3 Å². The lowest BCUT2D eigenvalue weighted by molar-refractivity contribution is -0.0221. The number of nitrogens with zero attached hydrogens (tertiary/aromatic N) is 3. The van der Waals surface area contributed by atoms with Crippen LogP contribution in [0.15, 0.2) is 42.7 Å². The summed E-state index contributed by atoms with van der Waals surface area (Å²) < 4.78 is 26.5. The lowest BCUT2D eigenvalue weighted by Crippen LogP contribution is -2.39. The van der Waals surface area contributed by atoms with E-state index in [-0.39, 0.29) is 25.9 Å². The van der Waals surface area contributed by atoms with Crippen molar-refractivity contribution in [2.45, 2.75) is 24.9 Å². The second-order valence-electron chi connectivity index (χ2n) is 5.91. The molecule has 1 fully saturated rings. The zero-order chi connectivity index (χ0) is 17.0. The second kappa shape index (κ2) is 7.09. The average Bonchev–Trinajstić information content (AvgIpc) is 2.60. The van der Waals surface area contributed by atoms with Gasteiger partial charge in [0.25, 0.3) is 5.92 Å². The first kappa shape index (κ1) is 16.6. The molecule has 128 valence electrons. The van der Waals surface area contributed by atoms with Crippen LogP contribution in [0.25, 0.3) is 0 Å². The highest BCUT2D eigenvalue weighted by atomic mass is 19.3. The van der Waals surface area contributed by atoms with Crippen molar-refractivity contribution in [3.05, 3.63) is 48.3 Å². The zero-order valence-electron chi connectivity index (χ0n) is 13.2. The number of hydrogen-bond acceptors (Lipinski definition) is 5. The molecule has 2 aromatic rings. The van der Waals surface area contributed by atoms with Crippen LogP contribution in [0.4, 0.5) is 20.4 Å². The van der Waals surface area contributed by atoms with Gasteiger partial charge in [0, 0.05) is 38.5 Å². The molecule has 0 radical (unpaired) electrons. The molecule has 1 aromatic heterocycles. The summed E-state index contributed by atoms with van der Waals surface area (Å²) in [5, 5.41) is 13.2. The number of anilines is 2. The molecule has 2 heterocycles. The quantitative estimate of drug-likeness (QED) is 0.880. The van der Waals surface area contributed by atoms with E-state index in [4.69, 9.17) is 0 Å². The highest BCUT2D eigenvalue weighted by molar-refractivity contribution is 5.49. The minimum atomic E-state index is -2.58. The summed E-state index contributed by atoms with van der Waals surface area (Å²) in [6.07, 6.45) is 0.427. The molecule has 0 spiro atoms. The molecule has 1 atom stereocenters. The molecule has 3 rings (SSSR count).